The zero-order valence-corrected chi connectivity index (χ0v) is 18.8. The molecule has 0 aliphatic rings. The molecule has 32 heavy (non-hydrogen) atoms. The molecule has 166 valence electrons. The van der Waals surface area contributed by atoms with Gasteiger partial charge in [0.15, 0.2) is 0 Å². The molecule has 8 heteroatoms. The number of carboxylic acids is 1. The first kappa shape index (κ1) is 23.2. The monoisotopic (exact) mass is 452 g/mol. The van der Waals surface area contributed by atoms with Crippen LogP contribution in [0, 0.1) is 13.8 Å². The molecule has 2 N–H and O–H groups in total. The summed E-state index contributed by atoms with van der Waals surface area (Å²) >= 11 is 6.04. The van der Waals surface area contributed by atoms with Crippen molar-refractivity contribution in [3.05, 3.63) is 82.1 Å². The number of nitrogens with zero attached hydrogens (tertiary/aromatic N) is 3. The fraction of sp³-hybridized carbons (Fsp3) is 0.250. The summed E-state index contributed by atoms with van der Waals surface area (Å²) in [6.07, 6.45) is 1.89. The van der Waals surface area contributed by atoms with Gasteiger partial charge in [-0.1, -0.05) is 41.4 Å². The number of hydrogen-bond acceptors (Lipinski definition) is 5. The van der Waals surface area contributed by atoms with E-state index < -0.39 is 5.97 Å². The maximum Gasteiger partial charge on any atom is 0.305 e. The minimum Gasteiger partial charge on any atom is -0.481 e. The fourth-order valence-corrected chi connectivity index (χ4v) is 3.39. The van der Waals surface area contributed by atoms with E-state index in [4.69, 9.17) is 16.7 Å². The van der Waals surface area contributed by atoms with Crippen LogP contribution in [0.1, 0.15) is 33.6 Å². The molecule has 0 saturated carbocycles. The van der Waals surface area contributed by atoms with Crippen LogP contribution in [0.5, 0.6) is 0 Å². The quantitative estimate of drug-likeness (QED) is 0.490. The highest BCUT2D eigenvalue weighted by atomic mass is 35.5. The van der Waals surface area contributed by atoms with Gasteiger partial charge in [0.05, 0.1) is 17.7 Å². The van der Waals surface area contributed by atoms with Crippen molar-refractivity contribution in [2.45, 2.75) is 26.7 Å². The number of rotatable bonds is 9. The van der Waals surface area contributed by atoms with Crippen LogP contribution in [0.15, 0.2) is 54.7 Å². The third-order valence-corrected chi connectivity index (χ3v) is 5.19. The molecular weight excluding hydrogens is 428 g/mol. The fourth-order valence-electron chi connectivity index (χ4n) is 3.18. The molecular formula is C24H25ClN4O3. The number of aryl methyl sites for hydroxylation is 2. The number of benzene rings is 2. The normalized spacial score (nSPS) is 10.6. The maximum absolute atomic E-state index is 13.2. The van der Waals surface area contributed by atoms with Gasteiger partial charge in [-0.15, -0.1) is 0 Å². The van der Waals surface area contributed by atoms with Crippen LogP contribution in [0.3, 0.4) is 0 Å². The molecule has 0 spiro atoms. The molecule has 0 saturated heterocycles. The molecule has 0 fully saturated rings. The predicted molar refractivity (Wildman–Crippen MR) is 125 cm³/mol. The van der Waals surface area contributed by atoms with E-state index in [9.17, 15) is 9.59 Å². The lowest BCUT2D eigenvalue weighted by molar-refractivity contribution is -0.137. The van der Waals surface area contributed by atoms with E-state index in [1.165, 1.54) is 11.1 Å². The minimum absolute atomic E-state index is 0.0948. The van der Waals surface area contributed by atoms with Crippen LogP contribution in [0.4, 0.5) is 11.6 Å². The molecule has 0 radical (unpaired) electrons. The summed E-state index contributed by atoms with van der Waals surface area (Å²) in [7, 11) is 0. The highest BCUT2D eigenvalue weighted by Gasteiger charge is 2.20. The summed E-state index contributed by atoms with van der Waals surface area (Å²) < 4.78 is 0. The van der Waals surface area contributed by atoms with E-state index >= 15 is 0 Å². The van der Waals surface area contributed by atoms with Crippen molar-refractivity contribution in [2.75, 3.05) is 18.4 Å². The van der Waals surface area contributed by atoms with Gasteiger partial charge in [0, 0.05) is 30.0 Å². The first-order valence-corrected chi connectivity index (χ1v) is 10.6. The van der Waals surface area contributed by atoms with Crippen LogP contribution in [0.2, 0.25) is 5.02 Å². The molecule has 7 nitrogen and oxygen atoms in total. The molecule has 0 aliphatic heterocycles. The van der Waals surface area contributed by atoms with Crippen molar-refractivity contribution in [2.24, 2.45) is 0 Å². The first-order valence-electron chi connectivity index (χ1n) is 10.2. The highest BCUT2D eigenvalue weighted by Crippen LogP contribution is 2.17. The number of aromatic nitrogens is 2. The van der Waals surface area contributed by atoms with Crippen molar-refractivity contribution in [3.8, 4) is 0 Å². The van der Waals surface area contributed by atoms with Gasteiger partial charge in [0.1, 0.15) is 0 Å². The molecule has 1 heterocycles. The third-order valence-electron chi connectivity index (χ3n) is 4.96. The van der Waals surface area contributed by atoms with Crippen LogP contribution < -0.4 is 5.32 Å². The van der Waals surface area contributed by atoms with Crippen molar-refractivity contribution in [1.29, 1.82) is 0 Å². The van der Waals surface area contributed by atoms with E-state index in [-0.39, 0.29) is 18.9 Å². The molecule has 1 aromatic heterocycles. The zero-order chi connectivity index (χ0) is 23.1. The second kappa shape index (κ2) is 10.7. The Morgan fingerprint density at radius 1 is 1.09 bits per heavy atom. The number of halogens is 1. The second-order valence-electron chi connectivity index (χ2n) is 7.50. The van der Waals surface area contributed by atoms with E-state index in [2.05, 4.69) is 15.3 Å². The smallest absolute Gasteiger partial charge is 0.305 e. The summed E-state index contributed by atoms with van der Waals surface area (Å²) in [5.74, 6) is -0.872. The van der Waals surface area contributed by atoms with E-state index in [0.717, 1.165) is 16.8 Å². The molecule has 3 aromatic rings. The van der Waals surface area contributed by atoms with Gasteiger partial charge in [0.25, 0.3) is 5.91 Å². The number of aliphatic carboxylic acids is 1. The Morgan fingerprint density at radius 2 is 1.84 bits per heavy atom. The summed E-state index contributed by atoms with van der Waals surface area (Å²) in [6.45, 7) is 4.20. The van der Waals surface area contributed by atoms with Gasteiger partial charge in [-0.2, -0.15) is 0 Å². The van der Waals surface area contributed by atoms with Gasteiger partial charge in [-0.25, -0.2) is 9.97 Å². The number of nitrogens with one attached hydrogen (secondary N) is 1. The minimum atomic E-state index is -0.962. The van der Waals surface area contributed by atoms with Gasteiger partial charge in [0.2, 0.25) is 5.95 Å². The Hall–Kier alpha value is -3.45. The Labute approximate surface area is 192 Å². The Kier molecular flexibility index (Phi) is 7.78. The van der Waals surface area contributed by atoms with Gasteiger partial charge < -0.3 is 15.3 Å². The summed E-state index contributed by atoms with van der Waals surface area (Å²) in [6, 6.07) is 15.2. The second-order valence-corrected chi connectivity index (χ2v) is 7.94. The van der Waals surface area contributed by atoms with E-state index in [1.54, 1.807) is 13.0 Å². The predicted octanol–water partition coefficient (Wildman–Crippen LogP) is 4.65. The largest absolute Gasteiger partial charge is 0.481 e. The van der Waals surface area contributed by atoms with Gasteiger partial charge in [-0.05, 0) is 50.1 Å². The molecule has 0 aliphatic carbocycles. The van der Waals surface area contributed by atoms with Crippen molar-refractivity contribution < 1.29 is 14.7 Å². The lowest BCUT2D eigenvalue weighted by Gasteiger charge is -2.23. The van der Waals surface area contributed by atoms with Crippen LogP contribution in [-0.2, 0) is 11.2 Å². The molecule has 2 aromatic carbocycles. The lowest BCUT2D eigenvalue weighted by Crippen LogP contribution is -2.35. The molecule has 3 rings (SSSR count). The summed E-state index contributed by atoms with van der Waals surface area (Å²) in [4.78, 5) is 34.5. The summed E-state index contributed by atoms with van der Waals surface area (Å²) in [5, 5.41) is 12.8. The third kappa shape index (κ3) is 6.52. The highest BCUT2D eigenvalue weighted by molar-refractivity contribution is 6.30. The van der Waals surface area contributed by atoms with Gasteiger partial charge in [-0.3, -0.25) is 9.59 Å². The molecule has 0 bridgehead atoms. The summed E-state index contributed by atoms with van der Waals surface area (Å²) in [5.41, 5.74) is 3.82. The van der Waals surface area contributed by atoms with Crippen LogP contribution in [-0.4, -0.2) is 44.9 Å². The molecule has 0 atom stereocenters. The number of carbonyl (C=O) groups is 2. The molecule has 1 amide bonds. The number of carbonyl (C=O) groups excluding carboxylic acids is 1. The van der Waals surface area contributed by atoms with Crippen molar-refractivity contribution in [3.63, 3.8) is 0 Å². The molecule has 0 unspecified atom stereocenters. The van der Waals surface area contributed by atoms with Gasteiger partial charge >= 0.3 is 5.97 Å². The number of amides is 1. The first-order chi connectivity index (χ1) is 15.3. The van der Waals surface area contributed by atoms with E-state index in [0.29, 0.717) is 35.2 Å². The average Bonchev–Trinajstić information content (AvgIpc) is 2.75. The number of hydrogen-bond donors (Lipinski definition) is 2. The zero-order valence-electron chi connectivity index (χ0n) is 18.0. The maximum atomic E-state index is 13.2. The number of anilines is 2. The Morgan fingerprint density at radius 3 is 2.50 bits per heavy atom. The van der Waals surface area contributed by atoms with Crippen LogP contribution >= 0.6 is 11.6 Å². The topological polar surface area (TPSA) is 95.4 Å². The van der Waals surface area contributed by atoms with Crippen LogP contribution in [0.25, 0.3) is 0 Å². The number of carboxylic acid groups (broad SMARTS) is 1. The SMILES string of the molecule is Cc1ccc(Nc2ncc(C(=O)N(CCC(=O)O)CCc3cccc(Cl)c3)c(C)n2)cc1. The van der Waals surface area contributed by atoms with Crippen molar-refractivity contribution >= 4 is 35.1 Å². The Balaban J connectivity index is 1.74. The van der Waals surface area contributed by atoms with E-state index in [1.807, 2.05) is 49.4 Å². The lowest BCUT2D eigenvalue weighted by atomic mass is 10.1. The Bertz CT molecular complexity index is 1100. The standard InChI is InChI=1S/C24H25ClN4O3/c1-16-6-8-20(9-7-16)28-24-26-15-21(17(2)27-24)23(32)29(13-11-22(30)31)12-10-18-4-3-5-19(25)14-18/h3-9,14-15H,10-13H2,1-2H3,(H,30,31)(H,26,27,28). The van der Waals surface area contributed by atoms with Crippen molar-refractivity contribution in [1.82, 2.24) is 14.9 Å². The average molecular weight is 453 g/mol.